The fourth-order valence-electron chi connectivity index (χ4n) is 1.90. The average Bonchev–Trinajstić information content (AvgIpc) is 2.96. The van der Waals surface area contributed by atoms with Gasteiger partial charge >= 0.3 is 0 Å². The molecule has 0 radical (unpaired) electrons. The Hall–Kier alpha value is -2.07. The number of imidazole rings is 1. The molecule has 3 aromatic rings. The molecule has 0 bridgehead atoms. The summed E-state index contributed by atoms with van der Waals surface area (Å²) in [5.41, 5.74) is 8.95. The lowest BCUT2D eigenvalue weighted by Crippen LogP contribution is -1.95. The number of H-pyrrole nitrogens is 2. The van der Waals surface area contributed by atoms with Gasteiger partial charge in [-0.2, -0.15) is 0 Å². The number of aromatic amines is 2. The summed E-state index contributed by atoms with van der Waals surface area (Å²) < 4.78 is 0. The van der Waals surface area contributed by atoms with Crippen molar-refractivity contribution in [1.29, 1.82) is 0 Å². The molecule has 0 aliphatic carbocycles. The smallest absolute Gasteiger partial charge is 0.139 e. The van der Waals surface area contributed by atoms with Crippen LogP contribution < -0.4 is 5.73 Å². The van der Waals surface area contributed by atoms with Crippen LogP contribution in [0.2, 0.25) is 0 Å². The molecular formula is C12H12N4. The molecule has 0 spiro atoms. The van der Waals surface area contributed by atoms with Gasteiger partial charge < -0.3 is 15.7 Å². The summed E-state index contributed by atoms with van der Waals surface area (Å²) in [5, 5.41) is 1.15. The molecule has 3 rings (SSSR count). The van der Waals surface area contributed by atoms with Crippen molar-refractivity contribution in [2.75, 3.05) is 0 Å². The molecule has 4 nitrogen and oxygen atoms in total. The number of benzene rings is 1. The van der Waals surface area contributed by atoms with E-state index in [9.17, 15) is 0 Å². The maximum atomic E-state index is 5.64. The molecule has 16 heavy (non-hydrogen) atoms. The molecule has 0 unspecified atom stereocenters. The van der Waals surface area contributed by atoms with Crippen LogP contribution in [0.3, 0.4) is 0 Å². The predicted molar refractivity (Wildman–Crippen MR) is 63.8 cm³/mol. The van der Waals surface area contributed by atoms with Crippen molar-refractivity contribution in [2.24, 2.45) is 5.73 Å². The number of nitrogens with two attached hydrogens (primary N) is 1. The van der Waals surface area contributed by atoms with Gasteiger partial charge in [-0.25, -0.2) is 4.98 Å². The topological polar surface area (TPSA) is 70.5 Å². The van der Waals surface area contributed by atoms with Gasteiger partial charge in [0.2, 0.25) is 0 Å². The molecule has 80 valence electrons. The van der Waals surface area contributed by atoms with Crippen LogP contribution in [0.15, 0.2) is 36.8 Å². The third-order valence-corrected chi connectivity index (χ3v) is 2.74. The highest BCUT2D eigenvalue weighted by Gasteiger charge is 2.07. The quantitative estimate of drug-likeness (QED) is 0.608. The van der Waals surface area contributed by atoms with E-state index in [-0.39, 0.29) is 0 Å². The number of rotatable bonds is 2. The molecule has 0 saturated heterocycles. The Morgan fingerprint density at radius 2 is 2.19 bits per heavy atom. The highest BCUT2D eigenvalue weighted by atomic mass is 14.9. The van der Waals surface area contributed by atoms with E-state index in [4.69, 9.17) is 5.73 Å². The second-order valence-electron chi connectivity index (χ2n) is 3.72. The number of nitrogens with one attached hydrogen (secondary N) is 2. The molecule has 0 aliphatic heterocycles. The van der Waals surface area contributed by atoms with Crippen molar-refractivity contribution in [2.45, 2.75) is 6.54 Å². The first-order valence-electron chi connectivity index (χ1n) is 5.18. The lowest BCUT2D eigenvalue weighted by Gasteiger charge is -1.98. The van der Waals surface area contributed by atoms with E-state index in [1.165, 1.54) is 0 Å². The van der Waals surface area contributed by atoms with Crippen LogP contribution >= 0.6 is 0 Å². The van der Waals surface area contributed by atoms with Gasteiger partial charge in [0.1, 0.15) is 5.82 Å². The van der Waals surface area contributed by atoms with E-state index >= 15 is 0 Å². The van der Waals surface area contributed by atoms with Gasteiger partial charge in [-0.05, 0) is 17.7 Å². The standard InChI is InChI=1S/C12H12N4/c13-6-8-1-2-11-9(5-8)10(7-16-11)12-14-3-4-15-12/h1-5,7,16H,6,13H2,(H,14,15). The Morgan fingerprint density at radius 3 is 2.94 bits per heavy atom. The Morgan fingerprint density at radius 1 is 1.25 bits per heavy atom. The second-order valence-corrected chi connectivity index (χ2v) is 3.72. The largest absolute Gasteiger partial charge is 0.360 e. The van der Waals surface area contributed by atoms with Crippen LogP contribution in [0, 0.1) is 0 Å². The molecule has 2 heterocycles. The van der Waals surface area contributed by atoms with E-state index in [1.54, 1.807) is 6.20 Å². The summed E-state index contributed by atoms with van der Waals surface area (Å²) in [6.07, 6.45) is 5.53. The molecule has 0 aliphatic rings. The minimum atomic E-state index is 0.554. The van der Waals surface area contributed by atoms with Crippen LogP contribution in [0.4, 0.5) is 0 Å². The average molecular weight is 212 g/mol. The molecule has 0 saturated carbocycles. The summed E-state index contributed by atoms with van der Waals surface area (Å²) in [7, 11) is 0. The van der Waals surface area contributed by atoms with Gasteiger partial charge in [0.05, 0.1) is 0 Å². The second kappa shape index (κ2) is 3.50. The van der Waals surface area contributed by atoms with E-state index < -0.39 is 0 Å². The molecule has 4 heteroatoms. The van der Waals surface area contributed by atoms with Gasteiger partial charge in [0.25, 0.3) is 0 Å². The van der Waals surface area contributed by atoms with E-state index in [0.717, 1.165) is 27.9 Å². The number of fused-ring (bicyclic) bond motifs is 1. The number of hydrogen-bond acceptors (Lipinski definition) is 2. The van der Waals surface area contributed by atoms with Crippen LogP contribution in [0.1, 0.15) is 5.56 Å². The summed E-state index contributed by atoms with van der Waals surface area (Å²) in [6, 6.07) is 6.18. The minimum absolute atomic E-state index is 0.554. The minimum Gasteiger partial charge on any atom is -0.360 e. The molecule has 4 N–H and O–H groups in total. The Kier molecular flexibility index (Phi) is 2.01. The first kappa shape index (κ1) is 9.18. The maximum Gasteiger partial charge on any atom is 0.139 e. The van der Waals surface area contributed by atoms with Crippen molar-refractivity contribution >= 4 is 10.9 Å². The number of aromatic nitrogens is 3. The third kappa shape index (κ3) is 1.31. The van der Waals surface area contributed by atoms with Crippen molar-refractivity contribution < 1.29 is 0 Å². The first-order valence-corrected chi connectivity index (χ1v) is 5.18. The number of hydrogen-bond donors (Lipinski definition) is 3. The SMILES string of the molecule is NCc1ccc2[nH]cc(-c3ncc[nH]3)c2c1. The Labute approximate surface area is 92.5 Å². The first-order chi connectivity index (χ1) is 7.88. The molecular weight excluding hydrogens is 200 g/mol. The maximum absolute atomic E-state index is 5.64. The molecule has 2 aromatic heterocycles. The fraction of sp³-hybridized carbons (Fsp3) is 0.0833. The van der Waals surface area contributed by atoms with E-state index in [0.29, 0.717) is 6.54 Å². The summed E-state index contributed by atoms with van der Waals surface area (Å²) in [6.45, 7) is 0.554. The summed E-state index contributed by atoms with van der Waals surface area (Å²) in [4.78, 5) is 10.6. The highest BCUT2D eigenvalue weighted by molar-refractivity contribution is 5.94. The Bertz CT molecular complexity index is 607. The van der Waals surface area contributed by atoms with E-state index in [2.05, 4.69) is 21.0 Å². The number of nitrogens with zero attached hydrogens (tertiary/aromatic N) is 1. The Balaban J connectivity index is 2.25. The van der Waals surface area contributed by atoms with Crippen LogP contribution in [0.25, 0.3) is 22.3 Å². The van der Waals surface area contributed by atoms with Crippen LogP contribution in [0.5, 0.6) is 0 Å². The predicted octanol–water partition coefficient (Wildman–Crippen LogP) is 2.02. The van der Waals surface area contributed by atoms with Crippen LogP contribution in [-0.2, 0) is 6.54 Å². The van der Waals surface area contributed by atoms with Gasteiger partial charge in [0.15, 0.2) is 0 Å². The zero-order valence-electron chi connectivity index (χ0n) is 8.70. The monoisotopic (exact) mass is 212 g/mol. The van der Waals surface area contributed by atoms with Crippen molar-refractivity contribution in [1.82, 2.24) is 15.0 Å². The lowest BCUT2D eigenvalue weighted by atomic mass is 10.1. The van der Waals surface area contributed by atoms with Gasteiger partial charge in [0, 0.05) is 41.6 Å². The van der Waals surface area contributed by atoms with Crippen molar-refractivity contribution in [3.05, 3.63) is 42.4 Å². The molecule has 1 aromatic carbocycles. The summed E-state index contributed by atoms with van der Waals surface area (Å²) in [5.74, 6) is 0.875. The van der Waals surface area contributed by atoms with Gasteiger partial charge in [-0.1, -0.05) is 6.07 Å². The highest BCUT2D eigenvalue weighted by Crippen LogP contribution is 2.26. The van der Waals surface area contributed by atoms with Crippen molar-refractivity contribution in [3.63, 3.8) is 0 Å². The molecule has 0 atom stereocenters. The molecule has 0 fully saturated rings. The van der Waals surface area contributed by atoms with Gasteiger partial charge in [-0.3, -0.25) is 0 Å². The lowest BCUT2D eigenvalue weighted by molar-refractivity contribution is 1.08. The normalized spacial score (nSPS) is 11.1. The van der Waals surface area contributed by atoms with E-state index in [1.807, 2.05) is 24.5 Å². The summed E-state index contributed by atoms with van der Waals surface area (Å²) >= 11 is 0. The zero-order valence-corrected chi connectivity index (χ0v) is 8.70. The third-order valence-electron chi connectivity index (χ3n) is 2.74. The van der Waals surface area contributed by atoms with Crippen LogP contribution in [-0.4, -0.2) is 15.0 Å². The fourth-order valence-corrected chi connectivity index (χ4v) is 1.90. The van der Waals surface area contributed by atoms with Gasteiger partial charge in [-0.15, -0.1) is 0 Å². The zero-order chi connectivity index (χ0) is 11.0. The van der Waals surface area contributed by atoms with Crippen molar-refractivity contribution in [3.8, 4) is 11.4 Å². The molecule has 0 amide bonds.